The zero-order chi connectivity index (χ0) is 11.5. The molecule has 0 spiro atoms. The molecule has 1 aliphatic carbocycles. The lowest BCUT2D eigenvalue weighted by Gasteiger charge is -2.07. The third-order valence-electron chi connectivity index (χ3n) is 2.82. The summed E-state index contributed by atoms with van der Waals surface area (Å²) in [5.41, 5.74) is 0. The summed E-state index contributed by atoms with van der Waals surface area (Å²) in [5.74, 6) is 2.65. The molecule has 0 bridgehead atoms. The Kier molecular flexibility index (Phi) is 3.07. The number of anilines is 2. The van der Waals surface area contributed by atoms with Gasteiger partial charge in [-0.2, -0.15) is 15.0 Å². The number of hydrogen-bond donors (Lipinski definition) is 2. The molecule has 6 nitrogen and oxygen atoms in total. The van der Waals surface area contributed by atoms with Gasteiger partial charge in [-0.1, -0.05) is 6.92 Å². The summed E-state index contributed by atoms with van der Waals surface area (Å²) in [6.45, 7) is 3.16. The van der Waals surface area contributed by atoms with Crippen LogP contribution >= 0.6 is 0 Å². The second kappa shape index (κ2) is 4.51. The molecule has 6 heteroatoms. The highest BCUT2D eigenvalue weighted by Gasteiger charge is 2.32. The molecule has 2 rings (SSSR count). The fraction of sp³-hybridized carbons (Fsp3) is 0.700. The summed E-state index contributed by atoms with van der Waals surface area (Å²) in [4.78, 5) is 12.4. The number of hydrogen-bond acceptors (Lipinski definition) is 6. The first-order valence-corrected chi connectivity index (χ1v) is 5.44. The minimum Gasteiger partial charge on any atom is -0.467 e. The van der Waals surface area contributed by atoms with Crippen molar-refractivity contribution in [1.82, 2.24) is 15.0 Å². The number of rotatable bonds is 5. The van der Waals surface area contributed by atoms with E-state index < -0.39 is 0 Å². The van der Waals surface area contributed by atoms with E-state index in [9.17, 15) is 0 Å². The standard InChI is InChI=1S/C10H17N5O/c1-6-4-7(6)5-12-9-13-8(11-2)14-10(15-9)16-3/h6-7H,4-5H2,1-3H3,(H2,11,12,13,14,15). The monoisotopic (exact) mass is 223 g/mol. The quantitative estimate of drug-likeness (QED) is 0.775. The van der Waals surface area contributed by atoms with Gasteiger partial charge in [0.1, 0.15) is 0 Å². The van der Waals surface area contributed by atoms with Crippen LogP contribution in [0.5, 0.6) is 6.01 Å². The maximum Gasteiger partial charge on any atom is 0.322 e. The Morgan fingerprint density at radius 3 is 2.56 bits per heavy atom. The van der Waals surface area contributed by atoms with E-state index in [2.05, 4.69) is 32.5 Å². The highest BCUT2D eigenvalue weighted by molar-refractivity contribution is 5.35. The van der Waals surface area contributed by atoms with Gasteiger partial charge >= 0.3 is 6.01 Å². The molecule has 0 aliphatic heterocycles. The first-order chi connectivity index (χ1) is 7.72. The Bertz CT molecular complexity index is 348. The van der Waals surface area contributed by atoms with Crippen molar-refractivity contribution < 1.29 is 4.74 Å². The van der Waals surface area contributed by atoms with E-state index in [4.69, 9.17) is 4.74 Å². The van der Waals surface area contributed by atoms with Crippen LogP contribution < -0.4 is 15.4 Å². The van der Waals surface area contributed by atoms with E-state index in [-0.39, 0.29) is 0 Å². The van der Waals surface area contributed by atoms with Crippen molar-refractivity contribution in [3.63, 3.8) is 0 Å². The normalized spacial score (nSPS) is 22.7. The number of methoxy groups -OCH3 is 1. The van der Waals surface area contributed by atoms with Gasteiger partial charge in [-0.15, -0.1) is 0 Å². The Balaban J connectivity index is 2.01. The summed E-state index contributed by atoms with van der Waals surface area (Å²) >= 11 is 0. The van der Waals surface area contributed by atoms with Gasteiger partial charge in [0.2, 0.25) is 11.9 Å². The molecule has 1 aromatic rings. The maximum absolute atomic E-state index is 5.00. The van der Waals surface area contributed by atoms with Gasteiger partial charge in [0.05, 0.1) is 7.11 Å². The van der Waals surface area contributed by atoms with E-state index in [1.54, 1.807) is 14.2 Å². The summed E-state index contributed by atoms with van der Waals surface area (Å²) < 4.78 is 5.00. The van der Waals surface area contributed by atoms with Crippen LogP contribution in [0.1, 0.15) is 13.3 Å². The first kappa shape index (κ1) is 10.9. The molecule has 1 heterocycles. The van der Waals surface area contributed by atoms with Crippen molar-refractivity contribution in [2.45, 2.75) is 13.3 Å². The van der Waals surface area contributed by atoms with Gasteiger partial charge < -0.3 is 15.4 Å². The molecule has 0 radical (unpaired) electrons. The molecule has 0 amide bonds. The fourth-order valence-electron chi connectivity index (χ4n) is 1.54. The van der Waals surface area contributed by atoms with E-state index in [0.29, 0.717) is 17.9 Å². The van der Waals surface area contributed by atoms with Crippen molar-refractivity contribution >= 4 is 11.9 Å². The van der Waals surface area contributed by atoms with Crippen LogP contribution in [0.15, 0.2) is 0 Å². The smallest absolute Gasteiger partial charge is 0.322 e. The lowest BCUT2D eigenvalue weighted by atomic mass is 10.3. The summed E-state index contributed by atoms with van der Waals surface area (Å²) in [7, 11) is 3.31. The third-order valence-corrected chi connectivity index (χ3v) is 2.82. The maximum atomic E-state index is 5.00. The van der Waals surface area contributed by atoms with Crippen molar-refractivity contribution in [2.24, 2.45) is 11.8 Å². The van der Waals surface area contributed by atoms with Gasteiger partial charge in [-0.05, 0) is 18.3 Å². The lowest BCUT2D eigenvalue weighted by molar-refractivity contribution is 0.379. The van der Waals surface area contributed by atoms with Gasteiger partial charge in [0.25, 0.3) is 0 Å². The molecule has 88 valence electrons. The van der Waals surface area contributed by atoms with Crippen LogP contribution in [-0.4, -0.2) is 35.7 Å². The van der Waals surface area contributed by atoms with Crippen LogP contribution in [0.25, 0.3) is 0 Å². The molecule has 1 aromatic heterocycles. The average Bonchev–Trinajstić information content (AvgIpc) is 3.02. The second-order valence-corrected chi connectivity index (χ2v) is 4.07. The van der Waals surface area contributed by atoms with E-state index in [1.807, 2.05) is 0 Å². The molecule has 2 N–H and O–H groups in total. The minimum atomic E-state index is 0.325. The Morgan fingerprint density at radius 2 is 2.00 bits per heavy atom. The minimum absolute atomic E-state index is 0.325. The predicted octanol–water partition coefficient (Wildman–Crippen LogP) is 0.990. The van der Waals surface area contributed by atoms with Gasteiger partial charge in [-0.25, -0.2) is 0 Å². The van der Waals surface area contributed by atoms with Crippen molar-refractivity contribution in [3.05, 3.63) is 0 Å². The molecule has 0 saturated heterocycles. The van der Waals surface area contributed by atoms with Crippen LogP contribution in [-0.2, 0) is 0 Å². The SMILES string of the molecule is CNc1nc(NCC2CC2C)nc(OC)n1. The third kappa shape index (κ3) is 2.50. The summed E-state index contributed by atoms with van der Waals surface area (Å²) in [6.07, 6.45) is 1.29. The Labute approximate surface area is 94.9 Å². The van der Waals surface area contributed by atoms with Crippen molar-refractivity contribution in [3.8, 4) is 6.01 Å². The fourth-order valence-corrected chi connectivity index (χ4v) is 1.54. The molecule has 1 aliphatic rings. The molecule has 1 fully saturated rings. The summed E-state index contributed by atoms with van der Waals surface area (Å²) in [6, 6.07) is 0.325. The second-order valence-electron chi connectivity index (χ2n) is 4.07. The van der Waals surface area contributed by atoms with E-state index in [1.165, 1.54) is 6.42 Å². The topological polar surface area (TPSA) is 72.0 Å². The average molecular weight is 223 g/mol. The molecular weight excluding hydrogens is 206 g/mol. The summed E-state index contributed by atoms with van der Waals surface area (Å²) in [5, 5.41) is 6.08. The van der Waals surface area contributed by atoms with E-state index >= 15 is 0 Å². The molecule has 2 unspecified atom stereocenters. The van der Waals surface area contributed by atoms with Crippen molar-refractivity contribution in [2.75, 3.05) is 31.3 Å². The molecular formula is C10H17N5O. The van der Waals surface area contributed by atoms with Crippen LogP contribution in [0.2, 0.25) is 0 Å². The van der Waals surface area contributed by atoms with Gasteiger partial charge in [0.15, 0.2) is 0 Å². The van der Waals surface area contributed by atoms with Gasteiger partial charge in [0, 0.05) is 13.6 Å². The number of ether oxygens (including phenoxy) is 1. The lowest BCUT2D eigenvalue weighted by Crippen LogP contribution is -2.10. The van der Waals surface area contributed by atoms with Crippen molar-refractivity contribution in [1.29, 1.82) is 0 Å². The molecule has 0 aromatic carbocycles. The largest absolute Gasteiger partial charge is 0.467 e. The zero-order valence-electron chi connectivity index (χ0n) is 9.82. The number of nitrogens with zero attached hydrogens (tertiary/aromatic N) is 3. The predicted molar refractivity (Wildman–Crippen MR) is 61.7 cm³/mol. The van der Waals surface area contributed by atoms with Crippen LogP contribution in [0, 0.1) is 11.8 Å². The zero-order valence-corrected chi connectivity index (χ0v) is 9.82. The first-order valence-electron chi connectivity index (χ1n) is 5.44. The van der Waals surface area contributed by atoms with Gasteiger partial charge in [-0.3, -0.25) is 0 Å². The Hall–Kier alpha value is -1.59. The molecule has 1 saturated carbocycles. The number of nitrogens with one attached hydrogen (secondary N) is 2. The molecule has 2 atom stereocenters. The molecule has 16 heavy (non-hydrogen) atoms. The Morgan fingerprint density at radius 1 is 1.31 bits per heavy atom. The highest BCUT2D eigenvalue weighted by atomic mass is 16.5. The van der Waals surface area contributed by atoms with Crippen LogP contribution in [0.4, 0.5) is 11.9 Å². The van der Waals surface area contributed by atoms with Crippen LogP contribution in [0.3, 0.4) is 0 Å². The van der Waals surface area contributed by atoms with E-state index in [0.717, 1.165) is 18.4 Å². The number of aromatic nitrogens is 3. The highest BCUT2D eigenvalue weighted by Crippen LogP contribution is 2.37.